The lowest BCUT2D eigenvalue weighted by molar-refractivity contribution is -0.121. The smallest absolute Gasteiger partial charge is 0.335 e. The fourth-order valence-corrected chi connectivity index (χ4v) is 2.59. The van der Waals surface area contributed by atoms with Gasteiger partial charge in [0.05, 0.1) is 23.4 Å². The van der Waals surface area contributed by atoms with Crippen molar-refractivity contribution in [1.29, 1.82) is 0 Å². The minimum atomic E-state index is -1.09. The highest BCUT2D eigenvalue weighted by molar-refractivity contribution is 6.23. The first-order chi connectivity index (χ1) is 11.5. The lowest BCUT2D eigenvalue weighted by Crippen LogP contribution is -2.40. The second-order valence-corrected chi connectivity index (χ2v) is 5.32. The topological polar surface area (TPSA) is 98.2 Å². The molecule has 1 unspecified atom stereocenters. The van der Waals surface area contributed by atoms with Crippen molar-refractivity contribution in [3.63, 3.8) is 0 Å². The summed E-state index contributed by atoms with van der Waals surface area (Å²) >= 11 is 0. The van der Waals surface area contributed by atoms with E-state index in [9.17, 15) is 19.6 Å². The highest BCUT2D eigenvalue weighted by Gasteiger charge is 2.43. The van der Waals surface area contributed by atoms with E-state index in [1.165, 1.54) is 24.3 Å². The molecule has 0 spiro atoms. The Labute approximate surface area is 137 Å². The van der Waals surface area contributed by atoms with E-state index in [4.69, 9.17) is 5.11 Å². The number of carbonyl (C=O) groups is 3. The molecule has 122 valence electrons. The molecule has 1 aliphatic rings. The number of hydrogen-bond acceptors (Lipinski definition) is 5. The van der Waals surface area contributed by atoms with Gasteiger partial charge >= 0.3 is 5.97 Å². The number of benzene rings is 2. The Morgan fingerprint density at radius 3 is 2.25 bits per heavy atom. The van der Waals surface area contributed by atoms with Crippen LogP contribution in [-0.2, 0) is 9.59 Å². The molecule has 1 fully saturated rings. The first kappa shape index (κ1) is 15.7. The zero-order valence-electron chi connectivity index (χ0n) is 12.5. The SMILES string of the molecule is O=C(O)c1ccc(N2C(=O)CC(N(O)c3ccccc3)C2=O)cc1. The predicted octanol–water partition coefficient (Wildman–Crippen LogP) is 1.91. The van der Waals surface area contributed by atoms with Crippen molar-refractivity contribution >= 4 is 29.2 Å². The minimum Gasteiger partial charge on any atom is -0.478 e. The predicted molar refractivity (Wildman–Crippen MR) is 85.0 cm³/mol. The molecule has 24 heavy (non-hydrogen) atoms. The molecule has 2 aromatic carbocycles. The number of carboxylic acids is 1. The summed E-state index contributed by atoms with van der Waals surface area (Å²) in [4.78, 5) is 36.6. The normalized spacial score (nSPS) is 17.2. The van der Waals surface area contributed by atoms with Gasteiger partial charge in [0.2, 0.25) is 5.91 Å². The molecule has 1 atom stereocenters. The summed E-state index contributed by atoms with van der Waals surface area (Å²) in [7, 11) is 0. The average Bonchev–Trinajstić information content (AvgIpc) is 2.89. The van der Waals surface area contributed by atoms with Gasteiger partial charge in [-0.05, 0) is 36.4 Å². The molecule has 2 aromatic rings. The highest BCUT2D eigenvalue weighted by Crippen LogP contribution is 2.27. The standard InChI is InChI=1S/C17H14N2O5/c20-15-10-14(19(24)13-4-2-1-3-5-13)16(21)18(15)12-8-6-11(7-9-12)17(22)23/h1-9,14,24H,10H2,(H,22,23). The fourth-order valence-electron chi connectivity index (χ4n) is 2.59. The number of aromatic carboxylic acids is 1. The van der Waals surface area contributed by atoms with E-state index in [1.54, 1.807) is 30.3 Å². The van der Waals surface area contributed by atoms with Crippen LogP contribution >= 0.6 is 0 Å². The van der Waals surface area contributed by atoms with E-state index in [0.717, 1.165) is 9.96 Å². The molecule has 7 nitrogen and oxygen atoms in total. The van der Waals surface area contributed by atoms with Crippen LogP contribution in [0.15, 0.2) is 54.6 Å². The number of amides is 2. The third-order valence-corrected chi connectivity index (χ3v) is 3.81. The van der Waals surface area contributed by atoms with Crippen LogP contribution in [0.1, 0.15) is 16.8 Å². The van der Waals surface area contributed by atoms with E-state index in [0.29, 0.717) is 5.69 Å². The van der Waals surface area contributed by atoms with Crippen molar-refractivity contribution in [2.75, 3.05) is 9.96 Å². The third-order valence-electron chi connectivity index (χ3n) is 3.81. The first-order valence-electron chi connectivity index (χ1n) is 7.22. The summed E-state index contributed by atoms with van der Waals surface area (Å²) in [6.07, 6.45) is -0.162. The van der Waals surface area contributed by atoms with Crippen molar-refractivity contribution in [2.24, 2.45) is 0 Å². The Hall–Kier alpha value is -3.19. The van der Waals surface area contributed by atoms with Crippen LogP contribution in [-0.4, -0.2) is 34.1 Å². The Morgan fingerprint density at radius 1 is 1.04 bits per heavy atom. The van der Waals surface area contributed by atoms with Gasteiger partial charge in [0.15, 0.2) is 0 Å². The summed E-state index contributed by atoms with van der Waals surface area (Å²) in [6.45, 7) is 0. The number of hydrogen-bond donors (Lipinski definition) is 2. The number of rotatable bonds is 4. The van der Waals surface area contributed by atoms with Crippen molar-refractivity contribution in [1.82, 2.24) is 0 Å². The molecule has 3 rings (SSSR count). The minimum absolute atomic E-state index is 0.0578. The fraction of sp³-hybridized carbons (Fsp3) is 0.118. The number of carboxylic acid groups (broad SMARTS) is 1. The number of nitrogens with zero attached hydrogens (tertiary/aromatic N) is 2. The molecule has 0 aromatic heterocycles. The molecular formula is C17H14N2O5. The Morgan fingerprint density at radius 2 is 1.67 bits per heavy atom. The van der Waals surface area contributed by atoms with Gasteiger partial charge in [0.1, 0.15) is 6.04 Å². The molecule has 0 bridgehead atoms. The lowest BCUT2D eigenvalue weighted by Gasteiger charge is -2.22. The molecule has 0 aliphatic carbocycles. The number of anilines is 2. The highest BCUT2D eigenvalue weighted by atomic mass is 16.5. The quantitative estimate of drug-likeness (QED) is 0.658. The van der Waals surface area contributed by atoms with Crippen LogP contribution in [0.5, 0.6) is 0 Å². The average molecular weight is 326 g/mol. The molecule has 0 saturated carbocycles. The Bertz CT molecular complexity index is 788. The van der Waals surface area contributed by atoms with Gasteiger partial charge in [0.25, 0.3) is 5.91 Å². The van der Waals surface area contributed by atoms with Crippen LogP contribution in [0, 0.1) is 0 Å². The van der Waals surface area contributed by atoms with E-state index < -0.39 is 23.8 Å². The van der Waals surface area contributed by atoms with Crippen LogP contribution in [0.25, 0.3) is 0 Å². The zero-order chi connectivity index (χ0) is 17.3. The molecular weight excluding hydrogens is 312 g/mol. The van der Waals surface area contributed by atoms with Crippen LogP contribution in [0.3, 0.4) is 0 Å². The van der Waals surface area contributed by atoms with Crippen molar-refractivity contribution < 1.29 is 24.7 Å². The Kier molecular flexibility index (Phi) is 4.01. The molecule has 0 radical (unpaired) electrons. The van der Waals surface area contributed by atoms with Crippen molar-refractivity contribution in [3.8, 4) is 0 Å². The van der Waals surface area contributed by atoms with Crippen LogP contribution < -0.4 is 9.96 Å². The number of carbonyl (C=O) groups excluding carboxylic acids is 2. The summed E-state index contributed by atoms with van der Waals surface area (Å²) in [6, 6.07) is 12.9. The van der Waals surface area contributed by atoms with Crippen molar-refractivity contribution in [3.05, 3.63) is 60.2 Å². The molecule has 7 heteroatoms. The van der Waals surface area contributed by atoms with Gasteiger partial charge in [-0.1, -0.05) is 18.2 Å². The summed E-state index contributed by atoms with van der Waals surface area (Å²) in [5, 5.41) is 19.9. The number of hydroxylamine groups is 1. The largest absolute Gasteiger partial charge is 0.478 e. The molecule has 1 aliphatic heterocycles. The van der Waals surface area contributed by atoms with Gasteiger partial charge in [-0.3, -0.25) is 14.8 Å². The van der Waals surface area contributed by atoms with Gasteiger partial charge < -0.3 is 5.11 Å². The van der Waals surface area contributed by atoms with Crippen molar-refractivity contribution in [2.45, 2.75) is 12.5 Å². The summed E-state index contributed by atoms with van der Waals surface area (Å²) in [5.74, 6) is -2.11. The Balaban J connectivity index is 1.85. The lowest BCUT2D eigenvalue weighted by atomic mass is 10.2. The second-order valence-electron chi connectivity index (χ2n) is 5.32. The van der Waals surface area contributed by atoms with E-state index in [1.807, 2.05) is 0 Å². The maximum absolute atomic E-state index is 12.5. The molecule has 2 amide bonds. The maximum atomic E-state index is 12.5. The molecule has 2 N–H and O–H groups in total. The van der Waals surface area contributed by atoms with Crippen LogP contribution in [0.2, 0.25) is 0 Å². The summed E-state index contributed by atoms with van der Waals surface area (Å²) < 4.78 is 0. The van der Waals surface area contributed by atoms with E-state index >= 15 is 0 Å². The first-order valence-corrected chi connectivity index (χ1v) is 7.22. The van der Waals surface area contributed by atoms with Gasteiger partial charge in [-0.2, -0.15) is 0 Å². The van der Waals surface area contributed by atoms with Gasteiger partial charge in [0, 0.05) is 0 Å². The zero-order valence-corrected chi connectivity index (χ0v) is 12.5. The van der Waals surface area contributed by atoms with E-state index in [-0.39, 0.29) is 17.7 Å². The number of imide groups is 1. The third kappa shape index (κ3) is 2.72. The van der Waals surface area contributed by atoms with Crippen LogP contribution in [0.4, 0.5) is 11.4 Å². The maximum Gasteiger partial charge on any atom is 0.335 e. The number of para-hydroxylation sites is 1. The molecule has 1 heterocycles. The summed E-state index contributed by atoms with van der Waals surface area (Å²) in [5.41, 5.74) is 0.744. The molecule has 1 saturated heterocycles. The van der Waals surface area contributed by atoms with Gasteiger partial charge in [-0.25, -0.2) is 14.8 Å². The second kappa shape index (κ2) is 6.13. The van der Waals surface area contributed by atoms with Gasteiger partial charge in [-0.15, -0.1) is 0 Å². The monoisotopic (exact) mass is 326 g/mol. The van der Waals surface area contributed by atoms with E-state index in [2.05, 4.69) is 0 Å².